The molecule has 14 nitrogen and oxygen atoms in total. The molecule has 4 amide bonds. The van der Waals surface area contributed by atoms with E-state index in [4.69, 9.17) is 18.9 Å². The third-order valence-corrected chi connectivity index (χ3v) is 20.9. The van der Waals surface area contributed by atoms with E-state index in [1.54, 1.807) is 6.20 Å². The van der Waals surface area contributed by atoms with Crippen molar-refractivity contribution in [2.75, 3.05) is 33.0 Å². The molecule has 3 aliphatic rings. The molecule has 14 aromatic rings. The molecule has 0 saturated heterocycles. The lowest BCUT2D eigenvalue weighted by Crippen LogP contribution is -2.39. The fourth-order valence-corrected chi connectivity index (χ4v) is 16.0. The van der Waals surface area contributed by atoms with Gasteiger partial charge in [-0.3, -0.25) is 29.4 Å². The van der Waals surface area contributed by atoms with Crippen LogP contribution in [0.1, 0.15) is 68.5 Å². The Kier molecular flexibility index (Phi) is 17.6. The van der Waals surface area contributed by atoms with Gasteiger partial charge in [-0.2, -0.15) is 0 Å². The number of para-hydroxylation sites is 4. The second-order valence-corrected chi connectivity index (χ2v) is 26.8. The van der Waals surface area contributed by atoms with Gasteiger partial charge in [0.05, 0.1) is 60.9 Å². The van der Waals surface area contributed by atoms with Crippen LogP contribution in [0.25, 0.3) is 65.9 Å². The SMILES string of the molecule is O=C1NC(=O)C(c2cn(CCOC(CCN3C(=O)C4=C(C3=O)c3cn(c5ccccc35)CCC(COC(c3ccccc3)(c3ccccc3)c3ccccc3)OCCn3cc4c4ccccc43)COC(c3ccccc3)(c3ccccc3)c3ccccc3)c3ccccc23)=C1c1c[nH]c2ccccc12. The predicted octanol–water partition coefficient (Wildman–Crippen LogP) is 16.2. The molecule has 104 heavy (non-hydrogen) atoms. The number of rotatable bonds is 21. The summed E-state index contributed by atoms with van der Waals surface area (Å²) in [5.74, 6) is -1.75. The molecule has 2 N–H and O–H groups in total. The highest BCUT2D eigenvalue weighted by atomic mass is 16.5. The van der Waals surface area contributed by atoms with Crippen molar-refractivity contribution in [2.45, 2.75) is 55.9 Å². The Balaban J connectivity index is 0.720. The number of hydrogen-bond donors (Lipinski definition) is 2. The molecule has 7 heterocycles. The molecule has 0 aliphatic carbocycles. The summed E-state index contributed by atoms with van der Waals surface area (Å²) in [6.07, 6.45) is 7.43. The number of benzene rings is 10. The van der Waals surface area contributed by atoms with E-state index in [1.807, 2.05) is 176 Å². The molecule has 0 radical (unpaired) electrons. The highest BCUT2D eigenvalue weighted by molar-refractivity contribution is 6.51. The maximum absolute atomic E-state index is 16.2. The summed E-state index contributed by atoms with van der Waals surface area (Å²) < 4.78 is 35.6. The molecule has 0 spiro atoms. The van der Waals surface area contributed by atoms with E-state index in [0.29, 0.717) is 77.2 Å². The Labute approximate surface area is 601 Å². The molecule has 0 fully saturated rings. The minimum atomic E-state index is -1.13. The van der Waals surface area contributed by atoms with Gasteiger partial charge in [0.2, 0.25) is 0 Å². The summed E-state index contributed by atoms with van der Waals surface area (Å²) in [6, 6.07) is 93.4. The molecule has 2 unspecified atom stereocenters. The topological polar surface area (TPSA) is 151 Å². The van der Waals surface area contributed by atoms with E-state index < -0.39 is 40.9 Å². The third kappa shape index (κ3) is 11.7. The summed E-state index contributed by atoms with van der Waals surface area (Å²) in [4.78, 5) is 64.9. The number of ether oxygens (including phenoxy) is 4. The second kappa shape index (κ2) is 28.1. The monoisotopic (exact) mass is 1370 g/mol. The van der Waals surface area contributed by atoms with Crippen LogP contribution in [-0.2, 0) is 69.0 Å². The molecule has 4 aromatic heterocycles. The average Bonchev–Trinajstić information content (AvgIpc) is 1.43. The normalized spacial score (nSPS) is 15.6. The Hall–Kier alpha value is -12.0. The number of aromatic nitrogens is 4. The number of H-pyrrole nitrogens is 1. The zero-order chi connectivity index (χ0) is 70.1. The smallest absolute Gasteiger partial charge is 0.262 e. The van der Waals surface area contributed by atoms with Crippen LogP contribution in [-0.4, -0.2) is 92.4 Å². The number of nitrogens with one attached hydrogen (secondary N) is 2. The first kappa shape index (κ1) is 65.3. The van der Waals surface area contributed by atoms with E-state index in [-0.39, 0.29) is 38.9 Å². The molecule has 14 heteroatoms. The lowest BCUT2D eigenvalue weighted by Gasteiger charge is -2.37. The van der Waals surface area contributed by atoms with Crippen LogP contribution in [0.5, 0.6) is 0 Å². The number of hydrogen-bond acceptors (Lipinski definition) is 8. The Morgan fingerprint density at radius 3 is 1.35 bits per heavy atom. The largest absolute Gasteiger partial charge is 0.374 e. The summed E-state index contributed by atoms with van der Waals surface area (Å²) >= 11 is 0. The highest BCUT2D eigenvalue weighted by Crippen LogP contribution is 2.46. The molecular formula is C90H74N6O8. The molecule has 2 atom stereocenters. The molecule has 3 aliphatic heterocycles. The predicted molar refractivity (Wildman–Crippen MR) is 407 cm³/mol. The number of nitrogens with zero attached hydrogens (tertiary/aromatic N) is 4. The fourth-order valence-electron chi connectivity index (χ4n) is 16.0. The van der Waals surface area contributed by atoms with Crippen LogP contribution in [0.4, 0.5) is 0 Å². The minimum Gasteiger partial charge on any atom is -0.374 e. The molecule has 17 rings (SSSR count). The van der Waals surface area contributed by atoms with Crippen molar-refractivity contribution in [2.24, 2.45) is 0 Å². The summed E-state index contributed by atoms with van der Waals surface area (Å²) in [7, 11) is 0. The van der Waals surface area contributed by atoms with Crippen LogP contribution in [0, 0.1) is 0 Å². The maximum Gasteiger partial charge on any atom is 0.262 e. The van der Waals surface area contributed by atoms with Gasteiger partial charge in [0.15, 0.2) is 0 Å². The molecule has 512 valence electrons. The van der Waals surface area contributed by atoms with Gasteiger partial charge in [0.25, 0.3) is 23.6 Å². The number of imide groups is 2. The van der Waals surface area contributed by atoms with E-state index >= 15 is 9.59 Å². The summed E-state index contributed by atoms with van der Waals surface area (Å²) in [5.41, 5.74) is 10.9. The second-order valence-electron chi connectivity index (χ2n) is 26.8. The van der Waals surface area contributed by atoms with Crippen molar-refractivity contribution >= 4 is 89.5 Å². The van der Waals surface area contributed by atoms with Crippen LogP contribution in [0.3, 0.4) is 0 Å². The quantitative estimate of drug-likeness (QED) is 0.0533. The van der Waals surface area contributed by atoms with Gasteiger partial charge in [0, 0.05) is 117 Å². The van der Waals surface area contributed by atoms with Gasteiger partial charge >= 0.3 is 0 Å². The molecular weight excluding hydrogens is 1290 g/mol. The van der Waals surface area contributed by atoms with Gasteiger partial charge in [-0.05, 0) is 70.5 Å². The number of aromatic amines is 1. The van der Waals surface area contributed by atoms with Gasteiger partial charge in [-0.15, -0.1) is 0 Å². The van der Waals surface area contributed by atoms with Crippen molar-refractivity contribution in [1.29, 1.82) is 0 Å². The Bertz CT molecular complexity index is 5410. The highest BCUT2D eigenvalue weighted by Gasteiger charge is 2.44. The lowest BCUT2D eigenvalue weighted by atomic mass is 9.80. The van der Waals surface area contributed by atoms with Gasteiger partial charge in [-0.1, -0.05) is 255 Å². The molecule has 4 bridgehead atoms. The first-order valence-electron chi connectivity index (χ1n) is 35.6. The minimum absolute atomic E-state index is 0.0125. The van der Waals surface area contributed by atoms with Gasteiger partial charge < -0.3 is 37.6 Å². The Morgan fingerprint density at radius 1 is 0.423 bits per heavy atom. The van der Waals surface area contributed by atoms with Crippen molar-refractivity contribution < 1.29 is 38.1 Å². The fraction of sp³-hybridized carbons (Fsp3) is 0.156. The van der Waals surface area contributed by atoms with Crippen molar-refractivity contribution in [1.82, 2.24) is 28.9 Å². The molecule has 10 aromatic carbocycles. The summed E-state index contributed by atoms with van der Waals surface area (Å²) in [5, 5.41) is 5.90. The average molecular weight is 1370 g/mol. The van der Waals surface area contributed by atoms with Gasteiger partial charge in [-0.25, -0.2) is 0 Å². The van der Waals surface area contributed by atoms with Crippen LogP contribution < -0.4 is 5.32 Å². The first-order valence-corrected chi connectivity index (χ1v) is 35.6. The van der Waals surface area contributed by atoms with Crippen LogP contribution in [0.2, 0.25) is 0 Å². The van der Waals surface area contributed by atoms with Crippen LogP contribution in [0.15, 0.2) is 304 Å². The van der Waals surface area contributed by atoms with E-state index in [0.717, 1.165) is 77.0 Å². The number of amides is 4. The van der Waals surface area contributed by atoms with Gasteiger partial charge in [0.1, 0.15) is 11.2 Å². The van der Waals surface area contributed by atoms with E-state index in [9.17, 15) is 9.59 Å². The zero-order valence-corrected chi connectivity index (χ0v) is 57.1. The standard InChI is InChI=1S/C90H74N6O8/c97-85-81(73-55-91-77-43-23-19-39-69(73)77)82(86(98)92-85)74-56-94(79-45-25-20-40-70(74)79)51-54-102-68(60-104-90(64-33-13-4-14-34-64,65-35-15-5-16-36-65)66-37-17-6-18-38-66)48-50-96-87(99)83-75-57-93(78-44-24-21-41-71(75)78)49-47-67(101-53-52-95-58-76(84(83)88(96)100)72-42-22-26-46-80(72)95)59-103-89(61-27-7-1-8-28-61,62-29-9-2-10-30-62)63-31-11-3-12-32-63/h1-46,55-58,67-68,91H,47-54,59-60H2,(H,92,97,98). The van der Waals surface area contributed by atoms with E-state index in [2.05, 4.69) is 145 Å². The zero-order valence-electron chi connectivity index (χ0n) is 57.1. The van der Waals surface area contributed by atoms with Crippen molar-refractivity contribution in [3.63, 3.8) is 0 Å². The third-order valence-electron chi connectivity index (χ3n) is 20.9. The number of fused-ring (bicyclic) bond motifs is 14. The Morgan fingerprint density at radius 2 is 0.837 bits per heavy atom. The summed E-state index contributed by atoms with van der Waals surface area (Å²) in [6.45, 7) is 2.04. The molecule has 0 saturated carbocycles. The van der Waals surface area contributed by atoms with Crippen molar-refractivity contribution in [3.8, 4) is 0 Å². The number of aryl methyl sites for hydroxylation is 1. The van der Waals surface area contributed by atoms with Crippen LogP contribution >= 0.6 is 0 Å². The van der Waals surface area contributed by atoms with Crippen molar-refractivity contribution in [3.05, 3.63) is 359 Å². The first-order chi connectivity index (χ1) is 51.2. The van der Waals surface area contributed by atoms with E-state index in [1.165, 1.54) is 4.90 Å². The lowest BCUT2D eigenvalue weighted by molar-refractivity contribution is -0.137. The maximum atomic E-state index is 16.2. The number of carbonyl (C=O) groups is 4. The number of carbonyl (C=O) groups excluding carboxylic acids is 4.